The standard InChI is InChI=1S/C14H19N3OSi/c1-11-6-5-7-13(14(11)18-19(3)4)15-8-12-9-16-17(2)10-12/h5-10,19H,1-4H3. The first kappa shape index (κ1) is 13.5. The van der Waals surface area contributed by atoms with Gasteiger partial charge in [-0.3, -0.25) is 9.67 Å². The summed E-state index contributed by atoms with van der Waals surface area (Å²) in [6, 6.07) is 6.03. The fourth-order valence-electron chi connectivity index (χ4n) is 1.78. The lowest BCUT2D eigenvalue weighted by Gasteiger charge is -2.14. The molecule has 100 valence electrons. The van der Waals surface area contributed by atoms with E-state index in [2.05, 4.69) is 36.2 Å². The van der Waals surface area contributed by atoms with Crippen LogP contribution in [0, 0.1) is 6.92 Å². The highest BCUT2D eigenvalue weighted by Crippen LogP contribution is 2.31. The van der Waals surface area contributed by atoms with Crippen LogP contribution in [0.2, 0.25) is 13.1 Å². The van der Waals surface area contributed by atoms with E-state index in [-0.39, 0.29) is 0 Å². The molecule has 19 heavy (non-hydrogen) atoms. The summed E-state index contributed by atoms with van der Waals surface area (Å²) in [5, 5.41) is 4.12. The van der Waals surface area contributed by atoms with Crippen LogP contribution in [0.15, 0.2) is 35.6 Å². The van der Waals surface area contributed by atoms with E-state index in [1.807, 2.05) is 31.6 Å². The molecule has 0 radical (unpaired) electrons. The van der Waals surface area contributed by atoms with Crippen molar-refractivity contribution in [2.24, 2.45) is 12.0 Å². The number of rotatable bonds is 4. The molecular formula is C14H19N3OSi. The van der Waals surface area contributed by atoms with Gasteiger partial charge >= 0.3 is 0 Å². The van der Waals surface area contributed by atoms with E-state index in [4.69, 9.17) is 4.43 Å². The third-order valence-corrected chi connectivity index (χ3v) is 3.33. The number of hydrogen-bond acceptors (Lipinski definition) is 3. The van der Waals surface area contributed by atoms with Crippen LogP contribution >= 0.6 is 0 Å². The molecule has 0 atom stereocenters. The van der Waals surface area contributed by atoms with Crippen LogP contribution in [-0.2, 0) is 7.05 Å². The predicted octanol–water partition coefficient (Wildman–Crippen LogP) is 2.84. The van der Waals surface area contributed by atoms with Crippen LogP contribution in [0.3, 0.4) is 0 Å². The van der Waals surface area contributed by atoms with Crippen molar-refractivity contribution in [3.63, 3.8) is 0 Å². The molecule has 5 heteroatoms. The summed E-state index contributed by atoms with van der Waals surface area (Å²) in [7, 11) is 0.753. The molecule has 0 aliphatic heterocycles. The highest BCUT2D eigenvalue weighted by molar-refractivity contribution is 6.49. The maximum atomic E-state index is 5.97. The second kappa shape index (κ2) is 5.84. The fraction of sp³-hybridized carbons (Fsp3) is 0.286. The molecule has 0 aliphatic carbocycles. The number of hydrogen-bond donors (Lipinski definition) is 0. The van der Waals surface area contributed by atoms with Crippen LogP contribution in [-0.4, -0.2) is 25.0 Å². The Morgan fingerprint density at radius 3 is 2.79 bits per heavy atom. The number of para-hydroxylation sites is 1. The number of aliphatic imine (C=N–C) groups is 1. The van der Waals surface area contributed by atoms with Crippen LogP contribution in [0.4, 0.5) is 5.69 Å². The van der Waals surface area contributed by atoms with Crippen molar-refractivity contribution < 1.29 is 4.43 Å². The third kappa shape index (κ3) is 3.54. The van der Waals surface area contributed by atoms with Crippen molar-refractivity contribution in [1.29, 1.82) is 0 Å². The van der Waals surface area contributed by atoms with Gasteiger partial charge in [0, 0.05) is 25.0 Å². The van der Waals surface area contributed by atoms with Crippen molar-refractivity contribution in [2.75, 3.05) is 0 Å². The third-order valence-electron chi connectivity index (χ3n) is 2.62. The van der Waals surface area contributed by atoms with Gasteiger partial charge in [0.1, 0.15) is 11.4 Å². The van der Waals surface area contributed by atoms with E-state index in [1.165, 1.54) is 0 Å². The van der Waals surface area contributed by atoms with E-state index in [1.54, 1.807) is 10.9 Å². The zero-order valence-electron chi connectivity index (χ0n) is 11.8. The lowest BCUT2D eigenvalue weighted by molar-refractivity contribution is 0.577. The van der Waals surface area contributed by atoms with Gasteiger partial charge in [-0.05, 0) is 31.6 Å². The molecule has 0 spiro atoms. The van der Waals surface area contributed by atoms with Crippen LogP contribution in [0.25, 0.3) is 0 Å². The first-order valence-corrected chi connectivity index (χ1v) is 9.13. The van der Waals surface area contributed by atoms with Gasteiger partial charge in [-0.1, -0.05) is 12.1 Å². The summed E-state index contributed by atoms with van der Waals surface area (Å²) in [5.41, 5.74) is 2.99. The van der Waals surface area contributed by atoms with Gasteiger partial charge in [0.2, 0.25) is 9.04 Å². The molecule has 2 aromatic rings. The maximum absolute atomic E-state index is 5.97. The van der Waals surface area contributed by atoms with Crippen molar-refractivity contribution in [3.05, 3.63) is 41.7 Å². The number of benzene rings is 1. The summed E-state index contributed by atoms with van der Waals surface area (Å²) in [5.74, 6) is 0.907. The first-order chi connectivity index (χ1) is 9.06. The normalized spacial score (nSPS) is 11.4. The SMILES string of the molecule is Cc1cccc(N=Cc2cnn(C)c2)c1O[SiH](C)C. The van der Waals surface area contributed by atoms with Crippen molar-refractivity contribution in [1.82, 2.24) is 9.78 Å². The van der Waals surface area contributed by atoms with Crippen molar-refractivity contribution >= 4 is 20.9 Å². The summed E-state index contributed by atoms with van der Waals surface area (Å²) in [6.45, 7) is 6.36. The Hall–Kier alpha value is -1.88. The topological polar surface area (TPSA) is 39.4 Å². The Morgan fingerprint density at radius 2 is 2.16 bits per heavy atom. The monoisotopic (exact) mass is 273 g/mol. The summed E-state index contributed by atoms with van der Waals surface area (Å²) in [4.78, 5) is 4.52. The molecular weight excluding hydrogens is 254 g/mol. The van der Waals surface area contributed by atoms with E-state index < -0.39 is 9.04 Å². The smallest absolute Gasteiger partial charge is 0.229 e. The number of aryl methyl sites for hydroxylation is 2. The van der Waals surface area contributed by atoms with Gasteiger partial charge in [-0.25, -0.2) is 0 Å². The molecule has 0 aliphatic rings. The molecule has 1 aromatic heterocycles. The second-order valence-corrected chi connectivity index (χ2v) is 7.13. The second-order valence-electron chi connectivity index (χ2n) is 4.80. The zero-order chi connectivity index (χ0) is 13.8. The molecule has 0 N–H and O–H groups in total. The van der Waals surface area contributed by atoms with E-state index in [0.717, 1.165) is 22.6 Å². The van der Waals surface area contributed by atoms with Gasteiger partial charge in [-0.2, -0.15) is 5.10 Å². The average molecular weight is 273 g/mol. The predicted molar refractivity (Wildman–Crippen MR) is 81.1 cm³/mol. The molecule has 0 fully saturated rings. The first-order valence-electron chi connectivity index (χ1n) is 6.35. The van der Waals surface area contributed by atoms with E-state index >= 15 is 0 Å². The Kier molecular flexibility index (Phi) is 4.16. The average Bonchev–Trinajstić information content (AvgIpc) is 2.75. The van der Waals surface area contributed by atoms with E-state index in [0.29, 0.717) is 0 Å². The molecule has 1 aromatic carbocycles. The maximum Gasteiger partial charge on any atom is 0.229 e. The minimum Gasteiger partial charge on any atom is -0.545 e. The molecule has 0 saturated heterocycles. The lowest BCUT2D eigenvalue weighted by atomic mass is 10.2. The van der Waals surface area contributed by atoms with Crippen LogP contribution < -0.4 is 4.43 Å². The number of nitrogens with zero attached hydrogens (tertiary/aromatic N) is 3. The minimum absolute atomic E-state index is 0.880. The Bertz CT molecular complexity index is 590. The molecule has 2 rings (SSSR count). The molecule has 0 saturated carbocycles. The quantitative estimate of drug-likeness (QED) is 0.635. The number of aromatic nitrogens is 2. The van der Waals surface area contributed by atoms with Crippen molar-refractivity contribution in [3.8, 4) is 5.75 Å². The van der Waals surface area contributed by atoms with Crippen LogP contribution in [0.1, 0.15) is 11.1 Å². The molecule has 4 nitrogen and oxygen atoms in total. The van der Waals surface area contributed by atoms with E-state index in [9.17, 15) is 0 Å². The highest BCUT2D eigenvalue weighted by atomic mass is 28.3. The zero-order valence-corrected chi connectivity index (χ0v) is 12.9. The highest BCUT2D eigenvalue weighted by Gasteiger charge is 2.08. The van der Waals surface area contributed by atoms with Gasteiger partial charge < -0.3 is 4.43 Å². The summed E-state index contributed by atoms with van der Waals surface area (Å²) >= 11 is 0. The minimum atomic E-state index is -1.14. The van der Waals surface area contributed by atoms with Crippen LogP contribution in [0.5, 0.6) is 5.75 Å². The molecule has 0 amide bonds. The Balaban J connectivity index is 2.29. The Labute approximate surface area is 115 Å². The van der Waals surface area contributed by atoms with Gasteiger partial charge in [-0.15, -0.1) is 0 Å². The van der Waals surface area contributed by atoms with Gasteiger partial charge in [0.05, 0.1) is 6.20 Å². The molecule has 0 bridgehead atoms. The van der Waals surface area contributed by atoms with Crippen molar-refractivity contribution in [2.45, 2.75) is 20.0 Å². The largest absolute Gasteiger partial charge is 0.545 e. The van der Waals surface area contributed by atoms with Gasteiger partial charge in [0.15, 0.2) is 0 Å². The summed E-state index contributed by atoms with van der Waals surface area (Å²) < 4.78 is 7.73. The lowest BCUT2D eigenvalue weighted by Crippen LogP contribution is -2.12. The molecule has 0 unspecified atom stereocenters. The summed E-state index contributed by atoms with van der Waals surface area (Å²) in [6.07, 6.45) is 5.53. The Morgan fingerprint density at radius 1 is 1.37 bits per heavy atom. The fourth-order valence-corrected chi connectivity index (χ4v) is 2.56. The van der Waals surface area contributed by atoms with Gasteiger partial charge in [0.25, 0.3) is 0 Å². The molecule has 1 heterocycles.